The topological polar surface area (TPSA) is 67.9 Å². The van der Waals surface area contributed by atoms with E-state index in [1.165, 1.54) is 0 Å². The van der Waals surface area contributed by atoms with Crippen LogP contribution in [0.3, 0.4) is 0 Å². The third kappa shape index (κ3) is 5.09. The van der Waals surface area contributed by atoms with Gasteiger partial charge in [0.25, 0.3) is 5.91 Å². The Morgan fingerprint density at radius 1 is 0.906 bits per heavy atom. The minimum atomic E-state index is -0.287. The van der Waals surface area contributed by atoms with Crippen molar-refractivity contribution in [3.05, 3.63) is 90.0 Å². The monoisotopic (exact) mass is 430 g/mol. The van der Waals surface area contributed by atoms with Crippen molar-refractivity contribution < 1.29 is 19.1 Å². The number of carbonyl (C=O) groups excluding carboxylic acids is 2. The first kappa shape index (κ1) is 21.4. The Kier molecular flexibility index (Phi) is 6.70. The quantitative estimate of drug-likeness (QED) is 0.596. The first-order valence-corrected chi connectivity index (χ1v) is 10.7. The summed E-state index contributed by atoms with van der Waals surface area (Å²) in [6, 6.07) is 24.1. The zero-order valence-corrected chi connectivity index (χ0v) is 18.0. The van der Waals surface area contributed by atoms with Gasteiger partial charge in [-0.05, 0) is 66.9 Å². The minimum Gasteiger partial charge on any atom is -0.497 e. The maximum atomic E-state index is 12.8. The summed E-state index contributed by atoms with van der Waals surface area (Å²) in [5.41, 5.74) is 1.56. The number of hydrogen-bond donors (Lipinski definition) is 1. The third-order valence-corrected chi connectivity index (χ3v) is 5.57. The van der Waals surface area contributed by atoms with Gasteiger partial charge < -0.3 is 19.7 Å². The zero-order chi connectivity index (χ0) is 22.3. The number of hydrogen-bond acceptors (Lipinski definition) is 4. The molecule has 3 aromatic carbocycles. The number of amides is 2. The van der Waals surface area contributed by atoms with Crippen molar-refractivity contribution in [2.75, 3.05) is 20.2 Å². The SMILES string of the molecule is COc1ccc([C@@H]2CCCN2C(=O)CNC(=O)c2ccc(Oc3ccccc3)cc2)cc1. The molecule has 1 atom stereocenters. The van der Waals surface area contributed by atoms with E-state index in [2.05, 4.69) is 5.32 Å². The van der Waals surface area contributed by atoms with Gasteiger partial charge >= 0.3 is 0 Å². The van der Waals surface area contributed by atoms with Crippen molar-refractivity contribution in [1.82, 2.24) is 10.2 Å². The van der Waals surface area contributed by atoms with Gasteiger partial charge in [-0.25, -0.2) is 0 Å². The average molecular weight is 431 g/mol. The molecule has 1 N–H and O–H groups in total. The van der Waals surface area contributed by atoms with Crippen molar-refractivity contribution in [3.63, 3.8) is 0 Å². The van der Waals surface area contributed by atoms with Crippen LogP contribution in [0.1, 0.15) is 34.8 Å². The molecular weight excluding hydrogens is 404 g/mol. The first-order valence-electron chi connectivity index (χ1n) is 10.7. The molecule has 1 saturated heterocycles. The highest BCUT2D eigenvalue weighted by Crippen LogP contribution is 2.32. The number of carbonyl (C=O) groups is 2. The fourth-order valence-corrected chi connectivity index (χ4v) is 3.90. The predicted octanol–water partition coefficient (Wildman–Crippen LogP) is 4.58. The average Bonchev–Trinajstić information content (AvgIpc) is 3.34. The molecule has 32 heavy (non-hydrogen) atoms. The molecule has 1 aliphatic rings. The Bertz CT molecular complexity index is 1050. The number of likely N-dealkylation sites (tertiary alicyclic amines) is 1. The summed E-state index contributed by atoms with van der Waals surface area (Å²) in [6.45, 7) is 0.657. The fourth-order valence-electron chi connectivity index (χ4n) is 3.90. The van der Waals surface area contributed by atoms with E-state index in [0.717, 1.165) is 29.9 Å². The van der Waals surface area contributed by atoms with E-state index >= 15 is 0 Å². The van der Waals surface area contributed by atoms with Crippen LogP contribution in [0.5, 0.6) is 17.2 Å². The highest BCUT2D eigenvalue weighted by atomic mass is 16.5. The predicted molar refractivity (Wildman–Crippen MR) is 122 cm³/mol. The van der Waals surface area contributed by atoms with E-state index in [9.17, 15) is 9.59 Å². The summed E-state index contributed by atoms with van der Waals surface area (Å²) >= 11 is 0. The van der Waals surface area contributed by atoms with Crippen LogP contribution in [-0.2, 0) is 4.79 Å². The van der Waals surface area contributed by atoms with Crippen LogP contribution in [0.4, 0.5) is 0 Å². The molecule has 0 bridgehead atoms. The summed E-state index contributed by atoms with van der Waals surface area (Å²) in [6.07, 6.45) is 1.86. The Morgan fingerprint density at radius 3 is 2.25 bits per heavy atom. The molecule has 2 amide bonds. The van der Waals surface area contributed by atoms with E-state index < -0.39 is 0 Å². The number of nitrogens with zero attached hydrogens (tertiary/aromatic N) is 1. The van der Waals surface area contributed by atoms with E-state index in [-0.39, 0.29) is 24.4 Å². The van der Waals surface area contributed by atoms with Crippen LogP contribution in [-0.4, -0.2) is 36.9 Å². The molecule has 1 heterocycles. The number of methoxy groups -OCH3 is 1. The molecule has 0 saturated carbocycles. The molecule has 164 valence electrons. The number of benzene rings is 3. The van der Waals surface area contributed by atoms with Gasteiger partial charge in [0.1, 0.15) is 17.2 Å². The van der Waals surface area contributed by atoms with Crippen molar-refractivity contribution in [1.29, 1.82) is 0 Å². The van der Waals surface area contributed by atoms with Gasteiger partial charge in [-0.1, -0.05) is 30.3 Å². The van der Waals surface area contributed by atoms with Crippen LogP contribution in [0, 0.1) is 0 Å². The first-order chi connectivity index (χ1) is 15.6. The maximum Gasteiger partial charge on any atom is 0.251 e. The van der Waals surface area contributed by atoms with Crippen molar-refractivity contribution in [2.45, 2.75) is 18.9 Å². The lowest BCUT2D eigenvalue weighted by molar-refractivity contribution is -0.131. The van der Waals surface area contributed by atoms with Gasteiger partial charge in [-0.3, -0.25) is 9.59 Å². The summed E-state index contributed by atoms with van der Waals surface area (Å²) < 4.78 is 11.0. The zero-order valence-electron chi connectivity index (χ0n) is 18.0. The van der Waals surface area contributed by atoms with Crippen molar-refractivity contribution >= 4 is 11.8 Å². The minimum absolute atomic E-state index is 0.0275. The largest absolute Gasteiger partial charge is 0.497 e. The second-order valence-electron chi connectivity index (χ2n) is 7.64. The van der Waals surface area contributed by atoms with Gasteiger partial charge in [-0.15, -0.1) is 0 Å². The summed E-state index contributed by atoms with van der Waals surface area (Å²) in [5.74, 6) is 1.79. The molecule has 4 rings (SSSR count). The number of rotatable bonds is 7. The highest BCUT2D eigenvalue weighted by molar-refractivity contribution is 5.96. The van der Waals surface area contributed by atoms with Crippen LogP contribution in [0.2, 0.25) is 0 Å². The van der Waals surface area contributed by atoms with Gasteiger partial charge in [0, 0.05) is 12.1 Å². The third-order valence-electron chi connectivity index (χ3n) is 5.57. The highest BCUT2D eigenvalue weighted by Gasteiger charge is 2.29. The van der Waals surface area contributed by atoms with Crippen LogP contribution >= 0.6 is 0 Å². The molecule has 0 radical (unpaired) electrons. The Morgan fingerprint density at radius 2 is 1.56 bits per heavy atom. The lowest BCUT2D eigenvalue weighted by Gasteiger charge is -2.25. The molecule has 0 spiro atoms. The standard InChI is InChI=1S/C26H26N2O4/c1-31-21-13-9-19(10-14-21)24-8-5-17-28(24)25(29)18-27-26(30)20-11-15-23(16-12-20)32-22-6-3-2-4-7-22/h2-4,6-7,9-16,24H,5,8,17-18H2,1H3,(H,27,30)/t24-/m0/s1. The number of nitrogens with one attached hydrogen (secondary N) is 1. The van der Waals surface area contributed by atoms with Gasteiger partial charge in [-0.2, -0.15) is 0 Å². The Hall–Kier alpha value is -3.80. The van der Waals surface area contributed by atoms with Crippen molar-refractivity contribution in [2.24, 2.45) is 0 Å². The van der Waals surface area contributed by atoms with Crippen LogP contribution < -0.4 is 14.8 Å². The smallest absolute Gasteiger partial charge is 0.251 e. The second kappa shape index (κ2) is 10.0. The van der Waals surface area contributed by atoms with Gasteiger partial charge in [0.05, 0.1) is 19.7 Å². The maximum absolute atomic E-state index is 12.8. The lowest BCUT2D eigenvalue weighted by atomic mass is 10.0. The summed E-state index contributed by atoms with van der Waals surface area (Å²) in [4.78, 5) is 27.2. The van der Waals surface area contributed by atoms with E-state index in [0.29, 0.717) is 17.9 Å². The molecule has 6 heteroatoms. The molecule has 0 unspecified atom stereocenters. The number of ether oxygens (including phenoxy) is 2. The van der Waals surface area contributed by atoms with E-state index in [1.807, 2.05) is 59.5 Å². The van der Waals surface area contributed by atoms with E-state index in [1.54, 1.807) is 31.4 Å². The molecule has 0 aromatic heterocycles. The normalized spacial score (nSPS) is 15.3. The van der Waals surface area contributed by atoms with Gasteiger partial charge in [0.2, 0.25) is 5.91 Å². The second-order valence-corrected chi connectivity index (χ2v) is 7.64. The molecule has 6 nitrogen and oxygen atoms in total. The fraction of sp³-hybridized carbons (Fsp3) is 0.231. The Balaban J connectivity index is 1.32. The molecule has 0 aliphatic carbocycles. The molecule has 1 aliphatic heterocycles. The van der Waals surface area contributed by atoms with Crippen LogP contribution in [0.25, 0.3) is 0 Å². The molecule has 3 aromatic rings. The van der Waals surface area contributed by atoms with Crippen LogP contribution in [0.15, 0.2) is 78.9 Å². The molecular formula is C26H26N2O4. The summed E-state index contributed by atoms with van der Waals surface area (Å²) in [5, 5.41) is 2.74. The summed E-state index contributed by atoms with van der Waals surface area (Å²) in [7, 11) is 1.63. The lowest BCUT2D eigenvalue weighted by Crippen LogP contribution is -2.39. The van der Waals surface area contributed by atoms with Gasteiger partial charge in [0.15, 0.2) is 0 Å². The van der Waals surface area contributed by atoms with E-state index in [4.69, 9.17) is 9.47 Å². The number of para-hydroxylation sites is 1. The Labute approximate surface area is 187 Å². The molecule has 1 fully saturated rings. The van der Waals surface area contributed by atoms with Crippen molar-refractivity contribution in [3.8, 4) is 17.2 Å².